The summed E-state index contributed by atoms with van der Waals surface area (Å²) in [7, 11) is 0. The Bertz CT molecular complexity index is 342. The van der Waals surface area contributed by atoms with Crippen molar-refractivity contribution >= 4 is 0 Å². The molecule has 0 spiro atoms. The number of hydrogen-bond acceptors (Lipinski definition) is 2. The van der Waals surface area contributed by atoms with Gasteiger partial charge in [-0.3, -0.25) is 0 Å². The molecule has 0 aromatic heterocycles. The second kappa shape index (κ2) is 3.37. The highest BCUT2D eigenvalue weighted by atomic mass is 14.8. The van der Waals surface area contributed by atoms with Crippen molar-refractivity contribution in [2.45, 2.75) is 31.7 Å². The summed E-state index contributed by atoms with van der Waals surface area (Å²) in [5, 5.41) is 0. The van der Waals surface area contributed by atoms with E-state index in [9.17, 15) is 0 Å². The zero-order valence-electron chi connectivity index (χ0n) is 8.72. The standard InChI is InChI=1S/C12H18N2/c1-12(14,8-13)11-6-5-9-3-2-4-10(9)7-11/h5-7H,2-4,8,13-14H2,1H3. The zero-order chi connectivity index (χ0) is 10.2. The predicted molar refractivity (Wildman–Crippen MR) is 59.1 cm³/mol. The number of benzene rings is 1. The summed E-state index contributed by atoms with van der Waals surface area (Å²) in [6, 6.07) is 6.56. The third-order valence-corrected chi connectivity index (χ3v) is 3.18. The summed E-state index contributed by atoms with van der Waals surface area (Å²) in [4.78, 5) is 0. The van der Waals surface area contributed by atoms with Gasteiger partial charge in [0.25, 0.3) is 0 Å². The smallest absolute Gasteiger partial charge is 0.0505 e. The van der Waals surface area contributed by atoms with Crippen LogP contribution in [0.3, 0.4) is 0 Å². The minimum atomic E-state index is -0.377. The van der Waals surface area contributed by atoms with Crippen LogP contribution in [0.15, 0.2) is 18.2 Å². The van der Waals surface area contributed by atoms with Gasteiger partial charge in [0, 0.05) is 6.54 Å². The van der Waals surface area contributed by atoms with Crippen molar-refractivity contribution in [3.05, 3.63) is 34.9 Å². The van der Waals surface area contributed by atoms with Crippen molar-refractivity contribution in [1.29, 1.82) is 0 Å². The van der Waals surface area contributed by atoms with E-state index in [0.29, 0.717) is 6.54 Å². The molecule has 0 saturated heterocycles. The molecule has 0 saturated carbocycles. The molecule has 1 aliphatic rings. The number of fused-ring (bicyclic) bond motifs is 1. The van der Waals surface area contributed by atoms with E-state index >= 15 is 0 Å². The van der Waals surface area contributed by atoms with Gasteiger partial charge in [0.15, 0.2) is 0 Å². The molecule has 1 aromatic rings. The molecule has 1 aliphatic carbocycles. The number of rotatable bonds is 2. The Balaban J connectivity index is 2.38. The van der Waals surface area contributed by atoms with Crippen molar-refractivity contribution in [2.24, 2.45) is 11.5 Å². The molecule has 2 heteroatoms. The van der Waals surface area contributed by atoms with Crippen LogP contribution in [0, 0.1) is 0 Å². The molecule has 4 N–H and O–H groups in total. The lowest BCUT2D eigenvalue weighted by molar-refractivity contribution is 0.507. The van der Waals surface area contributed by atoms with Gasteiger partial charge in [-0.1, -0.05) is 18.2 Å². The summed E-state index contributed by atoms with van der Waals surface area (Å²) in [5.74, 6) is 0. The maximum Gasteiger partial charge on any atom is 0.0505 e. The summed E-state index contributed by atoms with van der Waals surface area (Å²) < 4.78 is 0. The van der Waals surface area contributed by atoms with Crippen LogP contribution in [-0.4, -0.2) is 6.54 Å². The monoisotopic (exact) mass is 190 g/mol. The quantitative estimate of drug-likeness (QED) is 0.738. The Morgan fingerprint density at radius 2 is 2.00 bits per heavy atom. The lowest BCUT2D eigenvalue weighted by Crippen LogP contribution is -2.40. The van der Waals surface area contributed by atoms with Crippen molar-refractivity contribution in [3.63, 3.8) is 0 Å². The van der Waals surface area contributed by atoms with E-state index in [1.807, 2.05) is 6.92 Å². The molecule has 76 valence electrons. The first-order chi connectivity index (χ1) is 6.63. The third-order valence-electron chi connectivity index (χ3n) is 3.18. The molecular formula is C12H18N2. The second-order valence-corrected chi connectivity index (χ2v) is 4.46. The van der Waals surface area contributed by atoms with E-state index in [4.69, 9.17) is 11.5 Å². The SMILES string of the molecule is CC(N)(CN)c1ccc2c(c1)CCC2. The first kappa shape index (κ1) is 9.69. The van der Waals surface area contributed by atoms with Crippen LogP contribution in [0.2, 0.25) is 0 Å². The topological polar surface area (TPSA) is 52.0 Å². The van der Waals surface area contributed by atoms with E-state index in [2.05, 4.69) is 18.2 Å². The molecule has 1 aromatic carbocycles. The summed E-state index contributed by atoms with van der Waals surface area (Å²) in [5.41, 5.74) is 15.5. The van der Waals surface area contributed by atoms with Gasteiger partial charge < -0.3 is 11.5 Å². The fraction of sp³-hybridized carbons (Fsp3) is 0.500. The van der Waals surface area contributed by atoms with Crippen molar-refractivity contribution in [1.82, 2.24) is 0 Å². The highest BCUT2D eigenvalue weighted by molar-refractivity contribution is 5.38. The highest BCUT2D eigenvalue weighted by Gasteiger charge is 2.21. The molecule has 2 nitrogen and oxygen atoms in total. The molecule has 0 bridgehead atoms. The van der Waals surface area contributed by atoms with Gasteiger partial charge in [0.1, 0.15) is 0 Å². The normalized spacial score (nSPS) is 19.1. The molecule has 0 radical (unpaired) electrons. The Labute approximate surface area is 85.3 Å². The molecule has 0 heterocycles. The van der Waals surface area contributed by atoms with Gasteiger partial charge in [-0.05, 0) is 42.9 Å². The molecule has 2 rings (SSSR count). The molecule has 0 fully saturated rings. The highest BCUT2D eigenvalue weighted by Crippen LogP contribution is 2.26. The number of aryl methyl sites for hydroxylation is 2. The third kappa shape index (κ3) is 1.56. The van der Waals surface area contributed by atoms with Crippen LogP contribution in [0.25, 0.3) is 0 Å². The number of nitrogens with two attached hydrogens (primary N) is 2. The minimum absolute atomic E-state index is 0.377. The van der Waals surface area contributed by atoms with E-state index in [1.165, 1.54) is 36.0 Å². The largest absolute Gasteiger partial charge is 0.328 e. The van der Waals surface area contributed by atoms with Crippen LogP contribution in [0.4, 0.5) is 0 Å². The van der Waals surface area contributed by atoms with Crippen LogP contribution < -0.4 is 11.5 Å². The van der Waals surface area contributed by atoms with E-state index in [1.54, 1.807) is 0 Å². The Morgan fingerprint density at radius 3 is 2.71 bits per heavy atom. The van der Waals surface area contributed by atoms with Crippen LogP contribution >= 0.6 is 0 Å². The Kier molecular flexibility index (Phi) is 2.33. The van der Waals surface area contributed by atoms with E-state index < -0.39 is 0 Å². The number of hydrogen-bond donors (Lipinski definition) is 2. The van der Waals surface area contributed by atoms with Gasteiger partial charge >= 0.3 is 0 Å². The lowest BCUT2D eigenvalue weighted by atomic mass is 9.91. The van der Waals surface area contributed by atoms with Crippen LogP contribution in [0.1, 0.15) is 30.0 Å². The molecule has 1 atom stereocenters. The van der Waals surface area contributed by atoms with Crippen molar-refractivity contribution in [2.75, 3.05) is 6.54 Å². The van der Waals surface area contributed by atoms with Crippen LogP contribution in [0.5, 0.6) is 0 Å². The minimum Gasteiger partial charge on any atom is -0.328 e. The average molecular weight is 190 g/mol. The van der Waals surface area contributed by atoms with Gasteiger partial charge in [0.2, 0.25) is 0 Å². The van der Waals surface area contributed by atoms with Gasteiger partial charge in [-0.25, -0.2) is 0 Å². The summed E-state index contributed by atoms with van der Waals surface area (Å²) in [6.45, 7) is 2.48. The van der Waals surface area contributed by atoms with E-state index in [-0.39, 0.29) is 5.54 Å². The average Bonchev–Trinajstić information content (AvgIpc) is 2.64. The fourth-order valence-corrected chi connectivity index (χ4v) is 2.04. The van der Waals surface area contributed by atoms with Crippen molar-refractivity contribution < 1.29 is 0 Å². The van der Waals surface area contributed by atoms with E-state index in [0.717, 1.165) is 0 Å². The van der Waals surface area contributed by atoms with Gasteiger partial charge in [-0.2, -0.15) is 0 Å². The van der Waals surface area contributed by atoms with Gasteiger partial charge in [0.05, 0.1) is 5.54 Å². The molecule has 14 heavy (non-hydrogen) atoms. The van der Waals surface area contributed by atoms with Gasteiger partial charge in [-0.15, -0.1) is 0 Å². The molecule has 0 amide bonds. The fourth-order valence-electron chi connectivity index (χ4n) is 2.04. The predicted octanol–water partition coefficient (Wildman–Crippen LogP) is 1.31. The lowest BCUT2D eigenvalue weighted by Gasteiger charge is -2.23. The maximum absolute atomic E-state index is 6.11. The van der Waals surface area contributed by atoms with Crippen molar-refractivity contribution in [3.8, 4) is 0 Å². The molecule has 1 unspecified atom stereocenters. The summed E-state index contributed by atoms with van der Waals surface area (Å²) in [6.07, 6.45) is 3.70. The first-order valence-corrected chi connectivity index (χ1v) is 5.25. The second-order valence-electron chi connectivity index (χ2n) is 4.46. The molecular weight excluding hydrogens is 172 g/mol. The molecule has 0 aliphatic heterocycles. The Hall–Kier alpha value is -0.860. The first-order valence-electron chi connectivity index (χ1n) is 5.25. The van der Waals surface area contributed by atoms with Crippen LogP contribution in [-0.2, 0) is 18.4 Å². The zero-order valence-corrected chi connectivity index (χ0v) is 8.72. The maximum atomic E-state index is 6.11. The Morgan fingerprint density at radius 1 is 1.29 bits per heavy atom. The summed E-state index contributed by atoms with van der Waals surface area (Å²) >= 11 is 0.